The second-order valence-electron chi connectivity index (χ2n) is 5.80. The van der Waals surface area contributed by atoms with Gasteiger partial charge >= 0.3 is 0 Å². The van der Waals surface area contributed by atoms with Gasteiger partial charge in [0, 0.05) is 31.7 Å². The van der Waals surface area contributed by atoms with E-state index in [2.05, 4.69) is 27.4 Å². The van der Waals surface area contributed by atoms with Gasteiger partial charge in [-0.25, -0.2) is 0 Å². The van der Waals surface area contributed by atoms with Gasteiger partial charge in [0.05, 0.1) is 0 Å². The Hall–Kier alpha value is -0.530. The summed E-state index contributed by atoms with van der Waals surface area (Å²) in [4.78, 5) is 6.82. The van der Waals surface area contributed by atoms with Crippen LogP contribution in [0.1, 0.15) is 25.3 Å². The van der Waals surface area contributed by atoms with Crippen molar-refractivity contribution < 1.29 is 0 Å². The van der Waals surface area contributed by atoms with Crippen molar-refractivity contribution in [2.75, 3.05) is 33.2 Å². The Labute approximate surface area is 162 Å². The van der Waals surface area contributed by atoms with Crippen LogP contribution in [0.3, 0.4) is 0 Å². The maximum Gasteiger partial charge on any atom is 0.191 e. The quantitative estimate of drug-likeness (QED) is 0.410. The number of nitrogens with one attached hydrogen (secondary N) is 2. The van der Waals surface area contributed by atoms with E-state index in [-0.39, 0.29) is 24.0 Å². The predicted octanol–water partition coefficient (Wildman–Crippen LogP) is 3.35. The summed E-state index contributed by atoms with van der Waals surface area (Å²) in [6.07, 6.45) is 2.59. The van der Waals surface area contributed by atoms with Crippen molar-refractivity contribution in [2.45, 2.75) is 26.3 Å². The molecule has 130 valence electrons. The number of rotatable bonds is 5. The maximum atomic E-state index is 6.18. The van der Waals surface area contributed by atoms with E-state index in [0.29, 0.717) is 12.5 Å². The Morgan fingerprint density at radius 2 is 2.13 bits per heavy atom. The lowest BCUT2D eigenvalue weighted by molar-refractivity contribution is 0.183. The largest absolute Gasteiger partial charge is 0.356 e. The lowest BCUT2D eigenvalue weighted by atomic mass is 9.98. The van der Waals surface area contributed by atoms with E-state index in [4.69, 9.17) is 11.6 Å². The van der Waals surface area contributed by atoms with Gasteiger partial charge in [-0.15, -0.1) is 24.0 Å². The highest BCUT2D eigenvalue weighted by Crippen LogP contribution is 2.15. The lowest BCUT2D eigenvalue weighted by Crippen LogP contribution is -2.44. The number of likely N-dealkylation sites (tertiary alicyclic amines) is 1. The second-order valence-corrected chi connectivity index (χ2v) is 6.21. The third-order valence-electron chi connectivity index (χ3n) is 4.24. The van der Waals surface area contributed by atoms with E-state index in [9.17, 15) is 0 Å². The van der Waals surface area contributed by atoms with Crippen LogP contribution >= 0.6 is 35.6 Å². The van der Waals surface area contributed by atoms with Crippen LogP contribution in [-0.4, -0.2) is 44.1 Å². The van der Waals surface area contributed by atoms with Crippen molar-refractivity contribution in [1.29, 1.82) is 0 Å². The molecule has 4 nitrogen and oxygen atoms in total. The molecule has 0 amide bonds. The van der Waals surface area contributed by atoms with Crippen LogP contribution in [0, 0.1) is 5.92 Å². The molecule has 1 saturated heterocycles. The minimum absolute atomic E-state index is 0. The number of hydrogen-bond acceptors (Lipinski definition) is 2. The number of aliphatic imine (C=N–C) groups is 1. The maximum absolute atomic E-state index is 6.18. The minimum atomic E-state index is 0. The van der Waals surface area contributed by atoms with Gasteiger partial charge in [0.25, 0.3) is 0 Å². The van der Waals surface area contributed by atoms with E-state index in [0.717, 1.165) is 29.6 Å². The summed E-state index contributed by atoms with van der Waals surface area (Å²) in [6.45, 7) is 7.47. The van der Waals surface area contributed by atoms with Gasteiger partial charge in [-0.2, -0.15) is 0 Å². The highest BCUT2D eigenvalue weighted by Gasteiger charge is 2.18. The van der Waals surface area contributed by atoms with Crippen LogP contribution in [0.4, 0.5) is 0 Å². The molecule has 6 heteroatoms. The van der Waals surface area contributed by atoms with Crippen molar-refractivity contribution in [3.63, 3.8) is 0 Å². The first kappa shape index (κ1) is 20.5. The molecule has 2 N–H and O–H groups in total. The third-order valence-corrected chi connectivity index (χ3v) is 4.60. The second kappa shape index (κ2) is 11.1. The molecule has 1 heterocycles. The molecule has 1 fully saturated rings. The molecule has 1 aliphatic rings. The van der Waals surface area contributed by atoms with Gasteiger partial charge in [0.15, 0.2) is 5.96 Å². The van der Waals surface area contributed by atoms with Gasteiger partial charge in [-0.1, -0.05) is 36.7 Å². The van der Waals surface area contributed by atoms with Gasteiger partial charge in [-0.05, 0) is 43.5 Å². The summed E-state index contributed by atoms with van der Waals surface area (Å²) in [5.41, 5.74) is 1.09. The molecule has 1 atom stereocenters. The van der Waals surface area contributed by atoms with Crippen LogP contribution in [0.2, 0.25) is 5.02 Å². The van der Waals surface area contributed by atoms with E-state index >= 15 is 0 Å². The average Bonchev–Trinajstić information content (AvgIpc) is 2.56. The Morgan fingerprint density at radius 3 is 2.83 bits per heavy atom. The highest BCUT2D eigenvalue weighted by molar-refractivity contribution is 14.0. The number of halogens is 2. The third kappa shape index (κ3) is 6.85. The molecule has 1 aromatic rings. The number of hydrogen-bond donors (Lipinski definition) is 2. The summed E-state index contributed by atoms with van der Waals surface area (Å²) in [5.74, 6) is 1.54. The van der Waals surface area contributed by atoms with E-state index in [1.54, 1.807) is 7.05 Å². The lowest BCUT2D eigenvalue weighted by Gasteiger charge is -2.32. The van der Waals surface area contributed by atoms with Crippen molar-refractivity contribution in [3.05, 3.63) is 34.9 Å². The van der Waals surface area contributed by atoms with Gasteiger partial charge in [-0.3, -0.25) is 4.99 Å². The Bertz CT molecular complexity index is 495. The standard InChI is InChI=1S/C17H27ClN4.HI/c1-3-22-10-6-7-14(13-22)11-20-17(19-2)21-12-15-8-4-5-9-16(15)18;/h4-5,8-9,14H,3,6-7,10-13H2,1-2H3,(H2,19,20,21);1H. The number of benzene rings is 1. The molecule has 2 rings (SSSR count). The summed E-state index contributed by atoms with van der Waals surface area (Å²) < 4.78 is 0. The monoisotopic (exact) mass is 450 g/mol. The molecule has 1 aliphatic heterocycles. The number of piperidine rings is 1. The molecular weight excluding hydrogens is 423 g/mol. The fraction of sp³-hybridized carbons (Fsp3) is 0.588. The van der Waals surface area contributed by atoms with E-state index in [1.165, 1.54) is 25.9 Å². The minimum Gasteiger partial charge on any atom is -0.356 e. The normalized spacial score (nSPS) is 19.1. The summed E-state index contributed by atoms with van der Waals surface area (Å²) >= 11 is 6.18. The average molecular weight is 451 g/mol. The Morgan fingerprint density at radius 1 is 1.35 bits per heavy atom. The predicted molar refractivity (Wildman–Crippen MR) is 110 cm³/mol. The van der Waals surface area contributed by atoms with Crippen molar-refractivity contribution >= 4 is 41.5 Å². The van der Waals surface area contributed by atoms with Gasteiger partial charge < -0.3 is 15.5 Å². The molecule has 0 aromatic heterocycles. The first-order valence-corrected chi connectivity index (χ1v) is 8.51. The highest BCUT2D eigenvalue weighted by atomic mass is 127. The molecule has 23 heavy (non-hydrogen) atoms. The number of nitrogens with zero attached hydrogens (tertiary/aromatic N) is 2. The Balaban J connectivity index is 0.00000264. The number of guanidine groups is 1. The van der Waals surface area contributed by atoms with E-state index < -0.39 is 0 Å². The molecule has 0 bridgehead atoms. The van der Waals surface area contributed by atoms with Crippen molar-refractivity contribution in [2.24, 2.45) is 10.9 Å². The summed E-state index contributed by atoms with van der Waals surface area (Å²) in [6, 6.07) is 7.89. The zero-order chi connectivity index (χ0) is 15.8. The fourth-order valence-electron chi connectivity index (χ4n) is 2.89. The molecule has 0 saturated carbocycles. The molecular formula is C17H28ClIN4. The summed E-state index contributed by atoms with van der Waals surface area (Å²) in [7, 11) is 1.81. The Kier molecular flexibility index (Phi) is 9.90. The first-order valence-electron chi connectivity index (χ1n) is 8.13. The summed E-state index contributed by atoms with van der Waals surface area (Å²) in [5, 5.41) is 7.56. The first-order chi connectivity index (χ1) is 10.7. The van der Waals surface area contributed by atoms with Gasteiger partial charge in [0.2, 0.25) is 0 Å². The van der Waals surface area contributed by atoms with Crippen LogP contribution < -0.4 is 10.6 Å². The molecule has 0 radical (unpaired) electrons. The molecule has 1 aromatic carbocycles. The zero-order valence-corrected chi connectivity index (χ0v) is 17.1. The van der Waals surface area contributed by atoms with Crippen molar-refractivity contribution in [1.82, 2.24) is 15.5 Å². The van der Waals surface area contributed by atoms with Crippen LogP contribution in [0.25, 0.3) is 0 Å². The van der Waals surface area contributed by atoms with E-state index in [1.807, 2.05) is 24.3 Å². The molecule has 0 aliphatic carbocycles. The van der Waals surface area contributed by atoms with Crippen LogP contribution in [-0.2, 0) is 6.54 Å². The smallest absolute Gasteiger partial charge is 0.191 e. The molecule has 0 spiro atoms. The van der Waals surface area contributed by atoms with Crippen LogP contribution in [0.15, 0.2) is 29.3 Å². The zero-order valence-electron chi connectivity index (χ0n) is 14.0. The fourth-order valence-corrected chi connectivity index (χ4v) is 3.09. The SMILES string of the molecule is CCN1CCCC(CNC(=NC)NCc2ccccc2Cl)C1.I. The topological polar surface area (TPSA) is 39.7 Å². The van der Waals surface area contributed by atoms with Crippen molar-refractivity contribution in [3.8, 4) is 0 Å². The van der Waals surface area contributed by atoms with Gasteiger partial charge in [0.1, 0.15) is 0 Å². The van der Waals surface area contributed by atoms with Crippen LogP contribution in [0.5, 0.6) is 0 Å². The molecule has 1 unspecified atom stereocenters.